The molecule has 0 aliphatic heterocycles. The van der Waals surface area contributed by atoms with Crippen LogP contribution in [0.15, 0.2) is 28.7 Å². The molecule has 14 heavy (non-hydrogen) atoms. The Morgan fingerprint density at radius 3 is 2.71 bits per heavy atom. The Morgan fingerprint density at radius 2 is 2.07 bits per heavy atom. The molecule has 0 atom stereocenters. The third-order valence-electron chi connectivity index (χ3n) is 2.27. The molecule has 0 bridgehead atoms. The first kappa shape index (κ1) is 9.09. The van der Waals surface area contributed by atoms with E-state index >= 15 is 0 Å². The lowest BCUT2D eigenvalue weighted by Gasteiger charge is -2.11. The van der Waals surface area contributed by atoms with Crippen LogP contribution in [-0.2, 0) is 6.54 Å². The Kier molecular flexibility index (Phi) is 2.17. The summed E-state index contributed by atoms with van der Waals surface area (Å²) >= 11 is 0. The fraction of sp³-hybridized carbons (Fsp3) is 0.273. The van der Waals surface area contributed by atoms with Gasteiger partial charge in [-0.1, -0.05) is 0 Å². The van der Waals surface area contributed by atoms with Crippen molar-refractivity contribution in [2.45, 2.75) is 6.54 Å². The summed E-state index contributed by atoms with van der Waals surface area (Å²) in [6.45, 7) is 0.450. The zero-order chi connectivity index (χ0) is 10.1. The van der Waals surface area contributed by atoms with Gasteiger partial charge in [0, 0.05) is 25.2 Å². The standard InChI is InChI=1S/C11H14N2O/c1-13(2)9-3-4-11-8(5-9)6-10(7-12)14-11/h3-6H,7,12H2,1-2H3. The van der Waals surface area contributed by atoms with Crippen molar-refractivity contribution in [2.75, 3.05) is 19.0 Å². The minimum atomic E-state index is 0.450. The summed E-state index contributed by atoms with van der Waals surface area (Å²) in [5, 5.41) is 1.11. The van der Waals surface area contributed by atoms with Crippen molar-refractivity contribution in [3.05, 3.63) is 30.0 Å². The first-order valence-corrected chi connectivity index (χ1v) is 4.60. The number of nitrogens with two attached hydrogens (primary N) is 1. The van der Waals surface area contributed by atoms with Gasteiger partial charge in [0.2, 0.25) is 0 Å². The van der Waals surface area contributed by atoms with Crippen LogP contribution in [0.1, 0.15) is 5.76 Å². The molecule has 0 amide bonds. The molecular weight excluding hydrogens is 176 g/mol. The van der Waals surface area contributed by atoms with Crippen molar-refractivity contribution in [3.63, 3.8) is 0 Å². The predicted molar refractivity (Wildman–Crippen MR) is 58.4 cm³/mol. The van der Waals surface area contributed by atoms with Crippen LogP contribution in [0.4, 0.5) is 5.69 Å². The number of fused-ring (bicyclic) bond motifs is 1. The Bertz CT molecular complexity index is 445. The normalized spacial score (nSPS) is 10.8. The van der Waals surface area contributed by atoms with Crippen molar-refractivity contribution in [2.24, 2.45) is 5.73 Å². The molecular formula is C11H14N2O. The quantitative estimate of drug-likeness (QED) is 0.787. The van der Waals surface area contributed by atoms with E-state index in [0.29, 0.717) is 6.54 Å². The van der Waals surface area contributed by atoms with Gasteiger partial charge >= 0.3 is 0 Å². The van der Waals surface area contributed by atoms with Gasteiger partial charge in [-0.15, -0.1) is 0 Å². The topological polar surface area (TPSA) is 42.4 Å². The Hall–Kier alpha value is -1.48. The van der Waals surface area contributed by atoms with Gasteiger partial charge in [-0.3, -0.25) is 0 Å². The van der Waals surface area contributed by atoms with Crippen LogP contribution in [0.2, 0.25) is 0 Å². The summed E-state index contributed by atoms with van der Waals surface area (Å²) in [6, 6.07) is 8.09. The zero-order valence-corrected chi connectivity index (χ0v) is 8.45. The first-order chi connectivity index (χ1) is 6.70. The largest absolute Gasteiger partial charge is 0.460 e. The Morgan fingerprint density at radius 1 is 1.29 bits per heavy atom. The van der Waals surface area contributed by atoms with Gasteiger partial charge in [0.05, 0.1) is 6.54 Å². The number of anilines is 1. The fourth-order valence-corrected chi connectivity index (χ4v) is 1.46. The molecule has 0 unspecified atom stereocenters. The van der Waals surface area contributed by atoms with Crippen LogP contribution in [0.5, 0.6) is 0 Å². The number of nitrogens with zero attached hydrogens (tertiary/aromatic N) is 1. The molecule has 1 heterocycles. The summed E-state index contributed by atoms with van der Waals surface area (Å²) in [5.74, 6) is 0.830. The molecule has 0 spiro atoms. The highest BCUT2D eigenvalue weighted by molar-refractivity contribution is 5.82. The second-order valence-corrected chi connectivity index (χ2v) is 3.53. The van der Waals surface area contributed by atoms with Gasteiger partial charge in [0.1, 0.15) is 11.3 Å². The average Bonchev–Trinajstić information content (AvgIpc) is 2.58. The van der Waals surface area contributed by atoms with Gasteiger partial charge in [-0.2, -0.15) is 0 Å². The average molecular weight is 190 g/mol. The third-order valence-corrected chi connectivity index (χ3v) is 2.27. The molecule has 0 radical (unpaired) electrons. The van der Waals surface area contributed by atoms with E-state index in [2.05, 4.69) is 11.0 Å². The summed E-state index contributed by atoms with van der Waals surface area (Å²) in [6.07, 6.45) is 0. The van der Waals surface area contributed by atoms with E-state index in [9.17, 15) is 0 Å². The maximum absolute atomic E-state index is 5.51. The summed E-state index contributed by atoms with van der Waals surface area (Å²) in [7, 11) is 4.04. The van der Waals surface area contributed by atoms with E-state index in [1.807, 2.05) is 32.3 Å². The molecule has 0 aliphatic carbocycles. The van der Waals surface area contributed by atoms with Crippen LogP contribution in [0.3, 0.4) is 0 Å². The first-order valence-electron chi connectivity index (χ1n) is 4.60. The summed E-state index contributed by atoms with van der Waals surface area (Å²) < 4.78 is 5.51. The van der Waals surface area contributed by atoms with Crippen molar-refractivity contribution < 1.29 is 4.42 Å². The van der Waals surface area contributed by atoms with Crippen LogP contribution >= 0.6 is 0 Å². The van der Waals surface area contributed by atoms with Crippen molar-refractivity contribution in [1.82, 2.24) is 0 Å². The van der Waals surface area contributed by atoms with Gasteiger partial charge in [-0.05, 0) is 24.3 Å². The lowest BCUT2D eigenvalue weighted by molar-refractivity contribution is 0.552. The minimum Gasteiger partial charge on any atom is -0.460 e. The molecule has 3 heteroatoms. The van der Waals surface area contributed by atoms with E-state index < -0.39 is 0 Å². The van der Waals surface area contributed by atoms with Crippen LogP contribution in [0, 0.1) is 0 Å². The summed E-state index contributed by atoms with van der Waals surface area (Å²) in [4.78, 5) is 2.06. The monoisotopic (exact) mass is 190 g/mol. The third kappa shape index (κ3) is 1.46. The van der Waals surface area contributed by atoms with Crippen LogP contribution in [0.25, 0.3) is 11.0 Å². The number of rotatable bonds is 2. The van der Waals surface area contributed by atoms with Crippen LogP contribution in [-0.4, -0.2) is 14.1 Å². The highest BCUT2D eigenvalue weighted by Crippen LogP contribution is 2.23. The Labute approximate surface area is 83.1 Å². The maximum atomic E-state index is 5.51. The van der Waals surface area contributed by atoms with E-state index in [4.69, 9.17) is 10.2 Å². The summed E-state index contributed by atoms with van der Waals surface area (Å²) in [5.41, 5.74) is 7.57. The highest BCUT2D eigenvalue weighted by Gasteiger charge is 2.03. The number of hydrogen-bond acceptors (Lipinski definition) is 3. The molecule has 2 aromatic rings. The Balaban J connectivity index is 2.54. The van der Waals surface area contributed by atoms with E-state index in [1.54, 1.807) is 0 Å². The van der Waals surface area contributed by atoms with Gasteiger partial charge in [-0.25, -0.2) is 0 Å². The van der Waals surface area contributed by atoms with Gasteiger partial charge in [0.15, 0.2) is 0 Å². The molecule has 1 aromatic heterocycles. The molecule has 2 N–H and O–H groups in total. The molecule has 0 aliphatic rings. The molecule has 74 valence electrons. The lowest BCUT2D eigenvalue weighted by atomic mass is 10.2. The number of hydrogen-bond donors (Lipinski definition) is 1. The van der Waals surface area contributed by atoms with E-state index in [-0.39, 0.29) is 0 Å². The molecule has 0 saturated heterocycles. The van der Waals surface area contributed by atoms with Gasteiger partial charge < -0.3 is 15.1 Å². The van der Waals surface area contributed by atoms with E-state index in [1.165, 1.54) is 5.69 Å². The second-order valence-electron chi connectivity index (χ2n) is 3.53. The number of furan rings is 1. The molecule has 3 nitrogen and oxygen atoms in total. The molecule has 2 rings (SSSR count). The minimum absolute atomic E-state index is 0.450. The van der Waals surface area contributed by atoms with Crippen molar-refractivity contribution in [3.8, 4) is 0 Å². The smallest absolute Gasteiger partial charge is 0.134 e. The highest BCUT2D eigenvalue weighted by atomic mass is 16.3. The molecule has 1 aromatic carbocycles. The maximum Gasteiger partial charge on any atom is 0.134 e. The van der Waals surface area contributed by atoms with Crippen molar-refractivity contribution >= 4 is 16.7 Å². The second kappa shape index (κ2) is 3.35. The SMILES string of the molecule is CN(C)c1ccc2oc(CN)cc2c1. The van der Waals surface area contributed by atoms with Crippen molar-refractivity contribution in [1.29, 1.82) is 0 Å². The fourth-order valence-electron chi connectivity index (χ4n) is 1.46. The lowest BCUT2D eigenvalue weighted by Crippen LogP contribution is -2.07. The zero-order valence-electron chi connectivity index (χ0n) is 8.45. The molecule has 0 saturated carbocycles. The van der Waals surface area contributed by atoms with E-state index in [0.717, 1.165) is 16.7 Å². The van der Waals surface area contributed by atoms with Gasteiger partial charge in [0.25, 0.3) is 0 Å². The predicted octanol–water partition coefficient (Wildman–Crippen LogP) is 1.96. The number of benzene rings is 1. The molecule has 0 fully saturated rings. The van der Waals surface area contributed by atoms with Crippen LogP contribution < -0.4 is 10.6 Å².